The van der Waals surface area contributed by atoms with Crippen LogP contribution in [0.5, 0.6) is 0 Å². The second-order valence-corrected chi connectivity index (χ2v) is 5.66. The van der Waals surface area contributed by atoms with Crippen molar-refractivity contribution in [3.8, 4) is 0 Å². The predicted octanol–water partition coefficient (Wildman–Crippen LogP) is 0.762. The van der Waals surface area contributed by atoms with Crippen LogP contribution in [0.2, 0.25) is 0 Å². The minimum atomic E-state index is -3.58. The van der Waals surface area contributed by atoms with Crippen molar-refractivity contribution in [1.29, 1.82) is 0 Å². The summed E-state index contributed by atoms with van der Waals surface area (Å²) in [5.41, 5.74) is 0.677. The quantitative estimate of drug-likeness (QED) is 0.769. The number of halogens is 1. The maximum atomic E-state index is 12.8. The molecule has 0 saturated carbocycles. The monoisotopic (exact) mass is 275 g/mol. The molecule has 0 atom stereocenters. The van der Waals surface area contributed by atoms with Crippen LogP contribution in [-0.4, -0.2) is 31.8 Å². The van der Waals surface area contributed by atoms with Gasteiger partial charge in [-0.1, -0.05) is 12.1 Å². The Bertz CT molecular complexity index is 516. The van der Waals surface area contributed by atoms with E-state index in [9.17, 15) is 17.6 Å². The zero-order valence-corrected chi connectivity index (χ0v) is 10.4. The Morgan fingerprint density at radius 1 is 1.39 bits per heavy atom. The Morgan fingerprint density at radius 2 is 2.11 bits per heavy atom. The standard InChI is InChI=1S/C11H14FNO4S/c12-10-3-1-2-9(8-10)4-6-13-18(16,17)7-5-11(14)15/h1-3,8,13H,4-7H2,(H,14,15). The molecule has 7 heteroatoms. The Labute approximate surface area is 105 Å². The van der Waals surface area contributed by atoms with Gasteiger partial charge in [0.1, 0.15) is 5.82 Å². The molecule has 0 aliphatic heterocycles. The fraction of sp³-hybridized carbons (Fsp3) is 0.364. The van der Waals surface area contributed by atoms with Crippen molar-refractivity contribution in [3.05, 3.63) is 35.6 Å². The highest BCUT2D eigenvalue weighted by Crippen LogP contribution is 2.03. The summed E-state index contributed by atoms with van der Waals surface area (Å²) in [6.07, 6.45) is -0.0840. The normalized spacial score (nSPS) is 11.4. The molecule has 1 rings (SSSR count). The zero-order chi connectivity index (χ0) is 13.6. The molecule has 0 aliphatic carbocycles. The molecule has 0 bridgehead atoms. The van der Waals surface area contributed by atoms with Gasteiger partial charge in [-0.2, -0.15) is 0 Å². The van der Waals surface area contributed by atoms with Crippen molar-refractivity contribution in [3.63, 3.8) is 0 Å². The summed E-state index contributed by atoms with van der Waals surface area (Å²) in [7, 11) is -3.58. The highest BCUT2D eigenvalue weighted by Gasteiger charge is 2.11. The first-order valence-corrected chi connectivity index (χ1v) is 6.98. The van der Waals surface area contributed by atoms with Crippen LogP contribution in [0.25, 0.3) is 0 Å². The molecule has 0 fully saturated rings. The number of rotatable bonds is 7. The van der Waals surface area contributed by atoms with Crippen LogP contribution >= 0.6 is 0 Å². The molecule has 1 aromatic carbocycles. The van der Waals surface area contributed by atoms with E-state index in [4.69, 9.17) is 5.11 Å². The van der Waals surface area contributed by atoms with Gasteiger partial charge in [0.25, 0.3) is 0 Å². The predicted molar refractivity (Wildman–Crippen MR) is 64.1 cm³/mol. The van der Waals surface area contributed by atoms with Crippen LogP contribution in [0.15, 0.2) is 24.3 Å². The molecule has 0 saturated heterocycles. The van der Waals surface area contributed by atoms with Crippen LogP contribution in [0.3, 0.4) is 0 Å². The smallest absolute Gasteiger partial charge is 0.304 e. The first kappa shape index (κ1) is 14.6. The summed E-state index contributed by atoms with van der Waals surface area (Å²) >= 11 is 0. The topological polar surface area (TPSA) is 83.5 Å². The molecule has 0 spiro atoms. The van der Waals surface area contributed by atoms with E-state index in [1.807, 2.05) is 0 Å². The Morgan fingerprint density at radius 3 is 2.72 bits per heavy atom. The molecule has 0 amide bonds. The maximum absolute atomic E-state index is 12.8. The van der Waals surface area contributed by atoms with Crippen molar-refractivity contribution in [2.75, 3.05) is 12.3 Å². The van der Waals surface area contributed by atoms with E-state index >= 15 is 0 Å². The van der Waals surface area contributed by atoms with E-state index < -0.39 is 28.2 Å². The molecule has 0 radical (unpaired) electrons. The summed E-state index contributed by atoms with van der Waals surface area (Å²) in [6, 6.07) is 5.87. The van der Waals surface area contributed by atoms with E-state index in [0.29, 0.717) is 12.0 Å². The van der Waals surface area contributed by atoms with E-state index in [1.165, 1.54) is 12.1 Å². The lowest BCUT2D eigenvalue weighted by atomic mass is 10.1. The number of sulfonamides is 1. The third-order valence-electron chi connectivity index (χ3n) is 2.21. The largest absolute Gasteiger partial charge is 0.481 e. The van der Waals surface area contributed by atoms with E-state index in [2.05, 4.69) is 4.72 Å². The summed E-state index contributed by atoms with van der Waals surface area (Å²) < 4.78 is 37.8. The van der Waals surface area contributed by atoms with Gasteiger partial charge >= 0.3 is 5.97 Å². The average molecular weight is 275 g/mol. The summed E-state index contributed by atoms with van der Waals surface area (Å²) in [6.45, 7) is 0.116. The lowest BCUT2D eigenvalue weighted by Gasteiger charge is -2.05. The molecular formula is C11H14FNO4S. The number of carboxylic acids is 1. The van der Waals surface area contributed by atoms with Gasteiger partial charge in [0, 0.05) is 6.54 Å². The van der Waals surface area contributed by atoms with Crippen molar-refractivity contribution < 1.29 is 22.7 Å². The Kier molecular flexibility index (Phi) is 5.24. The van der Waals surface area contributed by atoms with Gasteiger partial charge in [-0.25, -0.2) is 17.5 Å². The van der Waals surface area contributed by atoms with Crippen LogP contribution in [0.4, 0.5) is 4.39 Å². The van der Waals surface area contributed by atoms with Gasteiger partial charge in [-0.05, 0) is 24.1 Å². The van der Waals surface area contributed by atoms with Gasteiger partial charge < -0.3 is 5.11 Å². The minimum absolute atomic E-state index is 0.116. The number of benzene rings is 1. The maximum Gasteiger partial charge on any atom is 0.304 e. The van der Waals surface area contributed by atoms with Crippen LogP contribution in [0, 0.1) is 5.82 Å². The summed E-state index contributed by atoms with van der Waals surface area (Å²) in [5.74, 6) is -1.99. The number of hydrogen-bond donors (Lipinski definition) is 2. The van der Waals surface area contributed by atoms with E-state index in [-0.39, 0.29) is 12.4 Å². The number of aliphatic carboxylic acids is 1. The number of nitrogens with one attached hydrogen (secondary N) is 1. The van der Waals surface area contributed by atoms with Crippen molar-refractivity contribution in [2.24, 2.45) is 0 Å². The summed E-state index contributed by atoms with van der Waals surface area (Å²) in [4.78, 5) is 10.2. The molecule has 18 heavy (non-hydrogen) atoms. The third-order valence-corrected chi connectivity index (χ3v) is 3.59. The number of carbonyl (C=O) groups is 1. The fourth-order valence-corrected chi connectivity index (χ4v) is 2.34. The Hall–Kier alpha value is -1.47. The molecule has 5 nitrogen and oxygen atoms in total. The number of carboxylic acid groups (broad SMARTS) is 1. The van der Waals surface area contributed by atoms with Gasteiger partial charge in [-0.3, -0.25) is 4.79 Å². The van der Waals surface area contributed by atoms with Gasteiger partial charge in [0.2, 0.25) is 10.0 Å². The molecule has 0 heterocycles. The lowest BCUT2D eigenvalue weighted by Crippen LogP contribution is -2.29. The molecule has 100 valence electrons. The van der Waals surface area contributed by atoms with Crippen LogP contribution in [-0.2, 0) is 21.2 Å². The Balaban J connectivity index is 2.39. The average Bonchev–Trinajstić information content (AvgIpc) is 2.26. The van der Waals surface area contributed by atoms with Gasteiger partial charge in [0.15, 0.2) is 0 Å². The number of hydrogen-bond acceptors (Lipinski definition) is 3. The molecule has 0 aliphatic rings. The third kappa shape index (κ3) is 5.74. The molecule has 0 aromatic heterocycles. The highest BCUT2D eigenvalue weighted by molar-refractivity contribution is 7.89. The molecule has 2 N–H and O–H groups in total. The first-order chi connectivity index (χ1) is 8.39. The second kappa shape index (κ2) is 6.46. The first-order valence-electron chi connectivity index (χ1n) is 5.32. The van der Waals surface area contributed by atoms with E-state index in [1.54, 1.807) is 12.1 Å². The van der Waals surface area contributed by atoms with Gasteiger partial charge in [-0.15, -0.1) is 0 Å². The summed E-state index contributed by atoms with van der Waals surface area (Å²) in [5, 5.41) is 8.38. The lowest BCUT2D eigenvalue weighted by molar-refractivity contribution is -0.136. The van der Waals surface area contributed by atoms with Crippen molar-refractivity contribution in [2.45, 2.75) is 12.8 Å². The molecule has 1 aromatic rings. The van der Waals surface area contributed by atoms with Crippen LogP contribution < -0.4 is 4.72 Å². The second-order valence-electron chi connectivity index (χ2n) is 3.74. The molecule has 0 unspecified atom stereocenters. The SMILES string of the molecule is O=C(O)CCS(=O)(=O)NCCc1cccc(F)c1. The minimum Gasteiger partial charge on any atom is -0.481 e. The fourth-order valence-electron chi connectivity index (χ4n) is 1.34. The van der Waals surface area contributed by atoms with E-state index in [0.717, 1.165) is 0 Å². The van der Waals surface area contributed by atoms with Crippen molar-refractivity contribution in [1.82, 2.24) is 4.72 Å². The zero-order valence-electron chi connectivity index (χ0n) is 9.60. The highest BCUT2D eigenvalue weighted by atomic mass is 32.2. The van der Waals surface area contributed by atoms with Gasteiger partial charge in [0.05, 0.1) is 12.2 Å². The van der Waals surface area contributed by atoms with Crippen LogP contribution in [0.1, 0.15) is 12.0 Å². The van der Waals surface area contributed by atoms with Crippen molar-refractivity contribution >= 4 is 16.0 Å². The molecular weight excluding hydrogens is 261 g/mol.